The molecule has 30 heavy (non-hydrogen) atoms. The van der Waals surface area contributed by atoms with E-state index < -0.39 is 0 Å². The molecule has 4 rings (SSSR count). The SMILES string of the molecule is CCN(C(=O)OCC1c2ccccc2-c2ccccc21)[C@@H](C)Cc1ccc(C)cc1. The van der Waals surface area contributed by atoms with Crippen molar-refractivity contribution in [1.29, 1.82) is 0 Å². The summed E-state index contributed by atoms with van der Waals surface area (Å²) >= 11 is 0. The van der Waals surface area contributed by atoms with Crippen LogP contribution >= 0.6 is 0 Å². The van der Waals surface area contributed by atoms with Crippen LogP contribution in [0, 0.1) is 6.92 Å². The van der Waals surface area contributed by atoms with E-state index in [4.69, 9.17) is 4.74 Å². The second-order valence-electron chi connectivity index (χ2n) is 8.13. The molecule has 0 bridgehead atoms. The number of carbonyl (C=O) groups is 1. The first-order valence-electron chi connectivity index (χ1n) is 10.8. The Morgan fingerprint density at radius 2 is 1.50 bits per heavy atom. The van der Waals surface area contributed by atoms with Crippen molar-refractivity contribution in [1.82, 2.24) is 4.90 Å². The van der Waals surface area contributed by atoms with Crippen LogP contribution in [0.2, 0.25) is 0 Å². The van der Waals surface area contributed by atoms with Crippen molar-refractivity contribution >= 4 is 6.09 Å². The molecule has 0 heterocycles. The highest BCUT2D eigenvalue weighted by molar-refractivity contribution is 5.79. The second kappa shape index (κ2) is 8.74. The van der Waals surface area contributed by atoms with Crippen LogP contribution in [0.4, 0.5) is 4.79 Å². The number of nitrogens with zero attached hydrogens (tertiary/aromatic N) is 1. The number of likely N-dealkylation sites (N-methyl/N-ethyl adjacent to an activating group) is 1. The summed E-state index contributed by atoms with van der Waals surface area (Å²) in [6.07, 6.45) is 0.581. The van der Waals surface area contributed by atoms with E-state index in [9.17, 15) is 4.79 Å². The number of amides is 1. The molecule has 3 aromatic rings. The molecule has 0 saturated heterocycles. The Morgan fingerprint density at radius 3 is 2.07 bits per heavy atom. The molecule has 0 spiro atoms. The van der Waals surface area contributed by atoms with Gasteiger partial charge in [0.1, 0.15) is 6.61 Å². The first-order chi connectivity index (χ1) is 14.6. The standard InChI is InChI=1S/C27H29NO2/c1-4-28(20(3)17-21-15-13-19(2)14-16-21)27(29)30-18-26-24-11-7-5-9-22(24)23-10-6-8-12-25(23)26/h5-16,20,26H,4,17-18H2,1-3H3/t20-/m0/s1. The van der Waals surface area contributed by atoms with Gasteiger partial charge in [0, 0.05) is 18.5 Å². The van der Waals surface area contributed by atoms with Gasteiger partial charge in [0.2, 0.25) is 0 Å². The third-order valence-electron chi connectivity index (χ3n) is 6.10. The minimum absolute atomic E-state index is 0.0772. The maximum Gasteiger partial charge on any atom is 0.410 e. The molecule has 0 saturated carbocycles. The number of aryl methyl sites for hydroxylation is 1. The topological polar surface area (TPSA) is 29.5 Å². The summed E-state index contributed by atoms with van der Waals surface area (Å²) in [4.78, 5) is 14.8. The van der Waals surface area contributed by atoms with Crippen LogP contribution in [-0.2, 0) is 11.2 Å². The number of hydrogen-bond acceptors (Lipinski definition) is 2. The van der Waals surface area contributed by atoms with Gasteiger partial charge in [-0.3, -0.25) is 0 Å². The van der Waals surface area contributed by atoms with Gasteiger partial charge in [-0.15, -0.1) is 0 Å². The van der Waals surface area contributed by atoms with Crippen LogP contribution in [0.15, 0.2) is 72.8 Å². The van der Waals surface area contributed by atoms with E-state index in [1.807, 2.05) is 11.8 Å². The summed E-state index contributed by atoms with van der Waals surface area (Å²) in [6.45, 7) is 7.17. The summed E-state index contributed by atoms with van der Waals surface area (Å²) in [5, 5.41) is 0. The Labute approximate surface area is 179 Å². The minimum atomic E-state index is -0.237. The Bertz CT molecular complexity index is 980. The zero-order chi connectivity index (χ0) is 21.1. The summed E-state index contributed by atoms with van der Waals surface area (Å²) in [5.41, 5.74) is 7.45. The molecular weight excluding hydrogens is 370 g/mol. The highest BCUT2D eigenvalue weighted by Crippen LogP contribution is 2.44. The fourth-order valence-electron chi connectivity index (χ4n) is 4.47. The molecule has 1 atom stereocenters. The lowest BCUT2D eigenvalue weighted by atomic mass is 9.98. The summed E-state index contributed by atoms with van der Waals surface area (Å²) in [5.74, 6) is 0.0902. The molecule has 0 fully saturated rings. The number of benzene rings is 3. The predicted octanol–water partition coefficient (Wildman–Crippen LogP) is 6.20. The van der Waals surface area contributed by atoms with Gasteiger partial charge in [0.15, 0.2) is 0 Å². The largest absolute Gasteiger partial charge is 0.448 e. The number of hydrogen-bond donors (Lipinski definition) is 0. The second-order valence-corrected chi connectivity index (χ2v) is 8.13. The van der Waals surface area contributed by atoms with E-state index in [1.54, 1.807) is 0 Å². The number of fused-ring (bicyclic) bond motifs is 3. The fourth-order valence-corrected chi connectivity index (χ4v) is 4.47. The zero-order valence-electron chi connectivity index (χ0n) is 18.0. The normalized spacial score (nSPS) is 13.4. The Balaban J connectivity index is 1.45. The molecule has 1 aliphatic carbocycles. The Hall–Kier alpha value is -3.07. The molecule has 3 heteroatoms. The summed E-state index contributed by atoms with van der Waals surface area (Å²) in [6, 6.07) is 25.4. The van der Waals surface area contributed by atoms with E-state index in [2.05, 4.69) is 86.6 Å². The van der Waals surface area contributed by atoms with Crippen molar-refractivity contribution in [2.45, 2.75) is 39.2 Å². The van der Waals surface area contributed by atoms with Gasteiger partial charge in [0.25, 0.3) is 0 Å². The predicted molar refractivity (Wildman–Crippen MR) is 122 cm³/mol. The van der Waals surface area contributed by atoms with Gasteiger partial charge >= 0.3 is 6.09 Å². The van der Waals surface area contributed by atoms with Gasteiger partial charge in [-0.25, -0.2) is 4.79 Å². The van der Waals surface area contributed by atoms with E-state index in [0.29, 0.717) is 13.2 Å². The zero-order valence-corrected chi connectivity index (χ0v) is 18.0. The molecule has 0 aliphatic heterocycles. The first-order valence-corrected chi connectivity index (χ1v) is 10.8. The third kappa shape index (κ3) is 3.97. The van der Waals surface area contributed by atoms with Crippen LogP contribution in [-0.4, -0.2) is 30.2 Å². The highest BCUT2D eigenvalue weighted by atomic mass is 16.6. The maximum absolute atomic E-state index is 12.9. The van der Waals surface area contributed by atoms with Gasteiger partial charge in [-0.05, 0) is 55.0 Å². The van der Waals surface area contributed by atoms with Crippen LogP contribution in [0.5, 0.6) is 0 Å². The van der Waals surface area contributed by atoms with E-state index in [1.165, 1.54) is 33.4 Å². The Morgan fingerprint density at radius 1 is 0.933 bits per heavy atom. The molecule has 3 nitrogen and oxygen atoms in total. The molecule has 0 radical (unpaired) electrons. The first kappa shape index (κ1) is 20.2. The quantitative estimate of drug-likeness (QED) is 0.494. The third-order valence-corrected chi connectivity index (χ3v) is 6.10. The van der Waals surface area contributed by atoms with Gasteiger partial charge in [-0.1, -0.05) is 78.4 Å². The van der Waals surface area contributed by atoms with Crippen LogP contribution in [0.3, 0.4) is 0 Å². The average Bonchev–Trinajstić information content (AvgIpc) is 3.08. The van der Waals surface area contributed by atoms with Crippen LogP contribution < -0.4 is 0 Å². The van der Waals surface area contributed by atoms with Crippen molar-refractivity contribution in [2.75, 3.05) is 13.2 Å². The van der Waals surface area contributed by atoms with Crippen molar-refractivity contribution in [3.63, 3.8) is 0 Å². The van der Waals surface area contributed by atoms with Gasteiger partial charge < -0.3 is 9.64 Å². The summed E-state index contributed by atoms with van der Waals surface area (Å²) < 4.78 is 5.86. The smallest absolute Gasteiger partial charge is 0.410 e. The number of carbonyl (C=O) groups excluding carboxylic acids is 1. The van der Waals surface area contributed by atoms with E-state index >= 15 is 0 Å². The van der Waals surface area contributed by atoms with Crippen molar-refractivity contribution in [3.05, 3.63) is 95.1 Å². The number of ether oxygens (including phenoxy) is 1. The minimum Gasteiger partial charge on any atom is -0.448 e. The maximum atomic E-state index is 12.9. The molecule has 0 unspecified atom stereocenters. The fraction of sp³-hybridized carbons (Fsp3) is 0.296. The van der Waals surface area contributed by atoms with Gasteiger partial charge in [-0.2, -0.15) is 0 Å². The van der Waals surface area contributed by atoms with E-state index in [-0.39, 0.29) is 18.1 Å². The van der Waals surface area contributed by atoms with E-state index in [0.717, 1.165) is 6.42 Å². The Kier molecular flexibility index (Phi) is 5.89. The monoisotopic (exact) mass is 399 g/mol. The van der Waals surface area contributed by atoms with Crippen molar-refractivity contribution in [3.8, 4) is 11.1 Å². The van der Waals surface area contributed by atoms with Crippen LogP contribution in [0.25, 0.3) is 11.1 Å². The lowest BCUT2D eigenvalue weighted by molar-refractivity contribution is 0.0888. The molecule has 1 aliphatic rings. The average molecular weight is 400 g/mol. The lowest BCUT2D eigenvalue weighted by Gasteiger charge is -2.28. The molecule has 154 valence electrons. The molecule has 0 aromatic heterocycles. The van der Waals surface area contributed by atoms with Crippen molar-refractivity contribution in [2.24, 2.45) is 0 Å². The van der Waals surface area contributed by atoms with Gasteiger partial charge in [0.05, 0.1) is 0 Å². The van der Waals surface area contributed by atoms with Crippen LogP contribution in [0.1, 0.15) is 42.0 Å². The highest BCUT2D eigenvalue weighted by Gasteiger charge is 2.30. The number of rotatable bonds is 6. The molecule has 3 aromatic carbocycles. The lowest BCUT2D eigenvalue weighted by Crippen LogP contribution is -2.40. The molecule has 0 N–H and O–H groups in total. The molecular formula is C27H29NO2. The molecule has 1 amide bonds. The summed E-state index contributed by atoms with van der Waals surface area (Å²) in [7, 11) is 0. The van der Waals surface area contributed by atoms with Crippen molar-refractivity contribution < 1.29 is 9.53 Å².